The van der Waals surface area contributed by atoms with Crippen molar-refractivity contribution in [2.75, 3.05) is 26.2 Å². The zero-order valence-electron chi connectivity index (χ0n) is 18.5. The molecule has 0 radical (unpaired) electrons. The average molecular weight is 483 g/mol. The van der Waals surface area contributed by atoms with Gasteiger partial charge in [-0.2, -0.15) is 0 Å². The molecule has 2 heterocycles. The minimum absolute atomic E-state index is 0.0686. The van der Waals surface area contributed by atoms with E-state index in [9.17, 15) is 18.4 Å². The fourth-order valence-corrected chi connectivity index (χ4v) is 4.97. The first-order valence-corrected chi connectivity index (χ1v) is 11.7. The highest BCUT2D eigenvalue weighted by molar-refractivity contribution is 7.10. The van der Waals surface area contributed by atoms with Crippen LogP contribution in [0.25, 0.3) is 0 Å². The second-order valence-corrected chi connectivity index (χ2v) is 8.85. The molecule has 8 heteroatoms. The molecule has 0 spiro atoms. The van der Waals surface area contributed by atoms with Crippen LogP contribution in [-0.4, -0.2) is 47.9 Å². The summed E-state index contributed by atoms with van der Waals surface area (Å²) in [5.41, 5.74) is 0.854. The van der Waals surface area contributed by atoms with Crippen molar-refractivity contribution in [2.45, 2.75) is 12.5 Å². The number of halogens is 2. The van der Waals surface area contributed by atoms with Crippen LogP contribution >= 0.6 is 11.3 Å². The maximum absolute atomic E-state index is 14.2. The van der Waals surface area contributed by atoms with E-state index in [0.29, 0.717) is 13.0 Å². The number of carbonyl (C=O) groups excluding carboxylic acids is 2. The van der Waals surface area contributed by atoms with Crippen molar-refractivity contribution in [1.29, 1.82) is 0 Å². The summed E-state index contributed by atoms with van der Waals surface area (Å²) in [6.45, 7) is 4.02. The van der Waals surface area contributed by atoms with Crippen molar-refractivity contribution < 1.29 is 23.1 Å². The maximum atomic E-state index is 14.2. The Hall–Kier alpha value is -3.52. The van der Waals surface area contributed by atoms with Gasteiger partial charge in [0.1, 0.15) is 19.0 Å². The van der Waals surface area contributed by atoms with Crippen LogP contribution in [0.3, 0.4) is 0 Å². The molecule has 0 N–H and O–H groups in total. The third kappa shape index (κ3) is 5.02. The molecular weight excluding hydrogens is 458 g/mol. The smallest absolute Gasteiger partial charge is 0.257 e. The number of hydrogen-bond donors (Lipinski definition) is 0. The van der Waals surface area contributed by atoms with Crippen molar-refractivity contribution in [3.05, 3.63) is 100 Å². The molecule has 4 rings (SSSR count). The SMILES string of the molecule is C=CCN(CC(=O)N1CCc2sccc2[C@@H]1COc1ccccc1F)C(=O)c1ccccc1F. The second kappa shape index (κ2) is 10.6. The summed E-state index contributed by atoms with van der Waals surface area (Å²) >= 11 is 1.61. The minimum Gasteiger partial charge on any atom is -0.488 e. The van der Waals surface area contributed by atoms with E-state index in [2.05, 4.69) is 6.58 Å². The number of amides is 2. The van der Waals surface area contributed by atoms with Gasteiger partial charge in [0.25, 0.3) is 5.91 Å². The van der Waals surface area contributed by atoms with Crippen LogP contribution in [-0.2, 0) is 11.2 Å². The molecule has 1 atom stereocenters. The third-order valence-electron chi connectivity index (χ3n) is 5.72. The molecule has 0 bridgehead atoms. The third-order valence-corrected chi connectivity index (χ3v) is 6.71. The zero-order chi connectivity index (χ0) is 24.1. The summed E-state index contributed by atoms with van der Waals surface area (Å²) in [5.74, 6) is -1.90. The zero-order valence-corrected chi connectivity index (χ0v) is 19.3. The van der Waals surface area contributed by atoms with Gasteiger partial charge >= 0.3 is 0 Å². The van der Waals surface area contributed by atoms with Crippen LogP contribution < -0.4 is 4.74 Å². The molecule has 5 nitrogen and oxygen atoms in total. The fraction of sp³-hybridized carbons (Fsp3) is 0.231. The lowest BCUT2D eigenvalue weighted by molar-refractivity contribution is -0.135. The molecule has 2 amide bonds. The summed E-state index contributed by atoms with van der Waals surface area (Å²) in [6.07, 6.45) is 2.18. The lowest BCUT2D eigenvalue weighted by Crippen LogP contribution is -2.48. The Morgan fingerprint density at radius 2 is 1.85 bits per heavy atom. The first-order chi connectivity index (χ1) is 16.5. The van der Waals surface area contributed by atoms with E-state index in [4.69, 9.17) is 4.74 Å². The largest absolute Gasteiger partial charge is 0.488 e. The molecule has 1 aliphatic heterocycles. The molecule has 34 heavy (non-hydrogen) atoms. The van der Waals surface area contributed by atoms with Crippen LogP contribution in [0.4, 0.5) is 8.78 Å². The highest BCUT2D eigenvalue weighted by Gasteiger charge is 2.34. The van der Waals surface area contributed by atoms with E-state index in [-0.39, 0.29) is 36.9 Å². The van der Waals surface area contributed by atoms with Crippen molar-refractivity contribution in [3.8, 4) is 5.75 Å². The molecule has 1 aromatic heterocycles. The van der Waals surface area contributed by atoms with E-state index in [0.717, 1.165) is 10.4 Å². The molecule has 2 aromatic carbocycles. The molecule has 0 saturated carbocycles. The average Bonchev–Trinajstić information content (AvgIpc) is 3.32. The number of ether oxygens (including phenoxy) is 1. The Morgan fingerprint density at radius 1 is 1.12 bits per heavy atom. The number of thiophene rings is 1. The Morgan fingerprint density at radius 3 is 2.59 bits per heavy atom. The van der Waals surface area contributed by atoms with Crippen molar-refractivity contribution in [3.63, 3.8) is 0 Å². The summed E-state index contributed by atoms with van der Waals surface area (Å²) in [6, 6.07) is 13.3. The number of carbonyl (C=O) groups is 2. The lowest BCUT2D eigenvalue weighted by Gasteiger charge is -2.37. The van der Waals surface area contributed by atoms with Gasteiger partial charge in [-0.1, -0.05) is 30.3 Å². The van der Waals surface area contributed by atoms with Crippen LogP contribution in [0, 0.1) is 11.6 Å². The monoisotopic (exact) mass is 482 g/mol. The van der Waals surface area contributed by atoms with Gasteiger partial charge in [-0.05, 0) is 47.7 Å². The number of benzene rings is 2. The lowest BCUT2D eigenvalue weighted by atomic mass is 10.0. The highest BCUT2D eigenvalue weighted by atomic mass is 32.1. The Bertz CT molecular complexity index is 1200. The van der Waals surface area contributed by atoms with Gasteiger partial charge in [0.15, 0.2) is 11.6 Å². The number of nitrogens with zero attached hydrogens (tertiary/aromatic N) is 2. The van der Waals surface area contributed by atoms with Gasteiger partial charge in [0.05, 0.1) is 11.6 Å². The quantitative estimate of drug-likeness (QED) is 0.431. The first-order valence-electron chi connectivity index (χ1n) is 10.9. The molecule has 0 saturated heterocycles. The minimum atomic E-state index is -0.647. The molecule has 176 valence electrons. The molecule has 1 aliphatic rings. The standard InChI is InChI=1S/C26H24F2N2O3S/c1-2-13-29(26(32)18-7-3-4-8-20(18)27)16-25(31)30-14-11-24-19(12-15-34-24)22(30)17-33-23-10-6-5-9-21(23)28/h2-10,12,15,22H,1,11,13-14,16-17H2/t22-/m0/s1. The molecule has 0 fully saturated rings. The fourth-order valence-electron chi connectivity index (χ4n) is 4.04. The molecule has 0 aliphatic carbocycles. The number of hydrogen-bond acceptors (Lipinski definition) is 4. The van der Waals surface area contributed by atoms with E-state index in [1.165, 1.54) is 41.3 Å². The van der Waals surface area contributed by atoms with Gasteiger partial charge in [0, 0.05) is 18.0 Å². The molecule has 0 unspecified atom stereocenters. The predicted molar refractivity (Wildman–Crippen MR) is 127 cm³/mol. The first kappa shape index (κ1) is 23.6. The van der Waals surface area contributed by atoms with E-state index in [1.54, 1.807) is 34.4 Å². The number of para-hydroxylation sites is 1. The van der Waals surface area contributed by atoms with Crippen LogP contribution in [0.5, 0.6) is 5.75 Å². The van der Waals surface area contributed by atoms with E-state index in [1.807, 2.05) is 11.4 Å². The van der Waals surface area contributed by atoms with E-state index < -0.39 is 23.6 Å². The maximum Gasteiger partial charge on any atom is 0.257 e. The van der Waals surface area contributed by atoms with E-state index >= 15 is 0 Å². The summed E-state index contributed by atoms with van der Waals surface area (Å²) < 4.78 is 34.0. The Balaban J connectivity index is 1.54. The Labute approximate surface area is 200 Å². The molecule has 3 aromatic rings. The van der Waals surface area contributed by atoms with Gasteiger partial charge in [-0.25, -0.2) is 8.78 Å². The normalized spacial score (nSPS) is 14.9. The summed E-state index contributed by atoms with van der Waals surface area (Å²) in [4.78, 5) is 30.4. The van der Waals surface area contributed by atoms with Crippen molar-refractivity contribution in [1.82, 2.24) is 9.80 Å². The summed E-state index contributed by atoms with van der Waals surface area (Å²) in [7, 11) is 0. The Kier molecular flexibility index (Phi) is 7.37. The second-order valence-electron chi connectivity index (χ2n) is 7.85. The summed E-state index contributed by atoms with van der Waals surface area (Å²) in [5, 5.41) is 1.96. The predicted octanol–water partition coefficient (Wildman–Crippen LogP) is 4.86. The van der Waals surface area contributed by atoms with Crippen LogP contribution in [0.15, 0.2) is 72.6 Å². The number of rotatable bonds is 8. The molecular formula is C26H24F2N2O3S. The van der Waals surface area contributed by atoms with Gasteiger partial charge in [-0.3, -0.25) is 9.59 Å². The number of fused-ring (bicyclic) bond motifs is 1. The van der Waals surface area contributed by atoms with Crippen molar-refractivity contribution in [2.24, 2.45) is 0 Å². The van der Waals surface area contributed by atoms with Crippen LogP contribution in [0.2, 0.25) is 0 Å². The van der Waals surface area contributed by atoms with Gasteiger partial charge in [0.2, 0.25) is 5.91 Å². The van der Waals surface area contributed by atoms with Crippen LogP contribution in [0.1, 0.15) is 26.8 Å². The van der Waals surface area contributed by atoms with Gasteiger partial charge < -0.3 is 14.5 Å². The van der Waals surface area contributed by atoms with Gasteiger partial charge in [-0.15, -0.1) is 17.9 Å². The van der Waals surface area contributed by atoms with Crippen molar-refractivity contribution >= 4 is 23.2 Å². The topological polar surface area (TPSA) is 49.9 Å². The highest BCUT2D eigenvalue weighted by Crippen LogP contribution is 2.34.